The van der Waals surface area contributed by atoms with E-state index in [0.717, 1.165) is 31.4 Å². The molecule has 0 N–H and O–H groups in total. The van der Waals surface area contributed by atoms with Gasteiger partial charge in [0.25, 0.3) is 0 Å². The Bertz CT molecular complexity index is 823. The van der Waals surface area contributed by atoms with Gasteiger partial charge in [-0.15, -0.1) is 0 Å². The van der Waals surface area contributed by atoms with Crippen LogP contribution in [0.5, 0.6) is 0 Å². The van der Waals surface area contributed by atoms with Crippen LogP contribution in [0.25, 0.3) is 11.1 Å². The van der Waals surface area contributed by atoms with Crippen molar-refractivity contribution in [1.82, 2.24) is 9.88 Å². The largest absolute Gasteiger partial charge is 0.440 e. The van der Waals surface area contributed by atoms with Crippen molar-refractivity contribution in [3.05, 3.63) is 24.1 Å². The maximum atomic E-state index is 12.0. The molecule has 0 bridgehead atoms. The van der Waals surface area contributed by atoms with Crippen LogP contribution >= 0.6 is 0 Å². The third-order valence-electron chi connectivity index (χ3n) is 5.27. The van der Waals surface area contributed by atoms with Crippen molar-refractivity contribution in [1.29, 1.82) is 0 Å². The minimum Gasteiger partial charge on any atom is -0.440 e. The predicted octanol–water partition coefficient (Wildman–Crippen LogP) is 2.96. The molecule has 0 radical (unpaired) electrons. The van der Waals surface area contributed by atoms with Crippen LogP contribution in [0.2, 0.25) is 0 Å². The minimum atomic E-state index is -3.21. The highest BCUT2D eigenvalue weighted by Crippen LogP contribution is 2.35. The Balaban J connectivity index is 1.59. The Morgan fingerprint density at radius 3 is 2.83 bits per heavy atom. The van der Waals surface area contributed by atoms with Gasteiger partial charge in [-0.3, -0.25) is 4.90 Å². The van der Waals surface area contributed by atoms with Gasteiger partial charge in [0.1, 0.15) is 5.52 Å². The number of sulfone groups is 1. The fourth-order valence-corrected chi connectivity index (χ4v) is 4.43. The molecule has 0 amide bonds. The van der Waals surface area contributed by atoms with E-state index in [9.17, 15) is 8.42 Å². The van der Waals surface area contributed by atoms with E-state index in [-0.39, 0.29) is 5.75 Å². The maximum Gasteiger partial charge on any atom is 0.199 e. The van der Waals surface area contributed by atoms with Crippen LogP contribution in [0.4, 0.5) is 0 Å². The first-order valence-corrected chi connectivity index (χ1v) is 10.1. The Morgan fingerprint density at radius 1 is 1.30 bits per heavy atom. The van der Waals surface area contributed by atoms with E-state index in [1.165, 1.54) is 19.3 Å². The monoisotopic (exact) mass is 334 g/mol. The highest BCUT2D eigenvalue weighted by molar-refractivity contribution is 7.91. The number of benzene rings is 1. The quantitative estimate of drug-likeness (QED) is 0.860. The second-order valence-electron chi connectivity index (χ2n) is 6.65. The number of fused-ring (bicyclic) bond motifs is 1. The molecule has 1 aliphatic carbocycles. The van der Waals surface area contributed by atoms with E-state index in [0.29, 0.717) is 21.9 Å². The first kappa shape index (κ1) is 15.1. The fraction of sp³-hybridized carbons (Fsp3) is 0.588. The summed E-state index contributed by atoms with van der Waals surface area (Å²) in [6, 6.07) is 5.74. The smallest absolute Gasteiger partial charge is 0.199 e. The van der Waals surface area contributed by atoms with E-state index in [1.807, 2.05) is 0 Å². The number of oxazole rings is 1. The van der Waals surface area contributed by atoms with Gasteiger partial charge in [0.2, 0.25) is 0 Å². The lowest BCUT2D eigenvalue weighted by molar-refractivity contribution is 0.156. The van der Waals surface area contributed by atoms with Gasteiger partial charge in [-0.05, 0) is 44.0 Å². The Hall–Kier alpha value is -1.40. The lowest BCUT2D eigenvalue weighted by Gasteiger charge is -2.34. The van der Waals surface area contributed by atoms with Gasteiger partial charge >= 0.3 is 0 Å². The van der Waals surface area contributed by atoms with Crippen LogP contribution in [0.3, 0.4) is 0 Å². The molecule has 23 heavy (non-hydrogen) atoms. The summed E-state index contributed by atoms with van der Waals surface area (Å²) in [6.45, 7) is 3.78. The van der Waals surface area contributed by atoms with Crippen molar-refractivity contribution in [3.63, 3.8) is 0 Å². The van der Waals surface area contributed by atoms with E-state index in [2.05, 4.69) is 9.88 Å². The van der Waals surface area contributed by atoms with Crippen molar-refractivity contribution in [2.45, 2.75) is 49.5 Å². The van der Waals surface area contributed by atoms with Crippen LogP contribution in [0.1, 0.15) is 44.4 Å². The van der Waals surface area contributed by atoms with E-state index in [4.69, 9.17) is 4.42 Å². The third kappa shape index (κ3) is 2.68. The van der Waals surface area contributed by atoms with Crippen LogP contribution in [0.15, 0.2) is 27.5 Å². The van der Waals surface area contributed by atoms with Gasteiger partial charge in [0.05, 0.1) is 10.6 Å². The molecule has 1 saturated carbocycles. The highest BCUT2D eigenvalue weighted by Gasteiger charge is 2.34. The second kappa shape index (κ2) is 5.60. The summed E-state index contributed by atoms with van der Waals surface area (Å²) >= 11 is 0. The SMILES string of the molecule is CCS(=O)(=O)c1ccc2oc([C@H]3CCN(C4CCC4)C3)nc2c1. The summed E-state index contributed by atoms with van der Waals surface area (Å²) < 4.78 is 29.9. The molecule has 2 fully saturated rings. The molecule has 1 aromatic carbocycles. The standard InChI is InChI=1S/C17H22N2O3S/c1-2-23(20,21)14-6-7-16-15(10-14)18-17(22-16)12-8-9-19(11-12)13-4-3-5-13/h6-7,10,12-13H,2-5,8-9,11H2,1H3/t12-/m0/s1. The van der Waals surface area contributed by atoms with Crippen LogP contribution in [-0.2, 0) is 9.84 Å². The van der Waals surface area contributed by atoms with Crippen molar-refractivity contribution < 1.29 is 12.8 Å². The second-order valence-corrected chi connectivity index (χ2v) is 8.93. The average molecular weight is 334 g/mol. The first-order valence-electron chi connectivity index (χ1n) is 8.44. The van der Waals surface area contributed by atoms with Crippen molar-refractivity contribution in [2.75, 3.05) is 18.8 Å². The van der Waals surface area contributed by atoms with Crippen molar-refractivity contribution in [3.8, 4) is 0 Å². The Kier molecular flexibility index (Phi) is 3.69. The van der Waals surface area contributed by atoms with E-state index >= 15 is 0 Å². The third-order valence-corrected chi connectivity index (χ3v) is 7.01. The number of aromatic nitrogens is 1. The molecule has 1 saturated heterocycles. The Morgan fingerprint density at radius 2 is 2.13 bits per heavy atom. The first-order chi connectivity index (χ1) is 11.1. The maximum absolute atomic E-state index is 12.0. The Labute approximate surface area is 136 Å². The number of nitrogens with zero attached hydrogens (tertiary/aromatic N) is 2. The number of hydrogen-bond donors (Lipinski definition) is 0. The zero-order chi connectivity index (χ0) is 16.0. The molecule has 2 aromatic rings. The molecule has 6 heteroatoms. The highest BCUT2D eigenvalue weighted by atomic mass is 32.2. The van der Waals surface area contributed by atoms with E-state index < -0.39 is 9.84 Å². The van der Waals surface area contributed by atoms with Gasteiger partial charge in [-0.1, -0.05) is 13.3 Å². The topological polar surface area (TPSA) is 63.4 Å². The molecule has 124 valence electrons. The zero-order valence-corrected chi connectivity index (χ0v) is 14.2. The number of likely N-dealkylation sites (tertiary alicyclic amines) is 1. The summed E-state index contributed by atoms with van der Waals surface area (Å²) in [5.74, 6) is 1.18. The predicted molar refractivity (Wildman–Crippen MR) is 88.3 cm³/mol. The molecule has 0 spiro atoms. The van der Waals surface area contributed by atoms with Crippen LogP contribution in [0, 0.1) is 0 Å². The number of hydrogen-bond acceptors (Lipinski definition) is 5. The lowest BCUT2D eigenvalue weighted by atomic mass is 9.92. The molecule has 0 unspecified atom stereocenters. The summed E-state index contributed by atoms with van der Waals surface area (Å²) in [6.07, 6.45) is 5.06. The number of rotatable bonds is 4. The molecule has 1 aromatic heterocycles. The normalized spacial score (nSPS) is 23.4. The molecule has 2 heterocycles. The molecular formula is C17H22N2O3S. The molecule has 4 rings (SSSR count). The van der Waals surface area contributed by atoms with Gasteiger partial charge in [-0.25, -0.2) is 13.4 Å². The van der Waals surface area contributed by atoms with E-state index in [1.54, 1.807) is 25.1 Å². The van der Waals surface area contributed by atoms with Crippen molar-refractivity contribution >= 4 is 20.9 Å². The summed E-state index contributed by atoms with van der Waals surface area (Å²) in [5.41, 5.74) is 1.33. The summed E-state index contributed by atoms with van der Waals surface area (Å²) in [7, 11) is -3.21. The molecule has 2 aliphatic rings. The summed E-state index contributed by atoms with van der Waals surface area (Å²) in [5, 5.41) is 0. The van der Waals surface area contributed by atoms with Crippen molar-refractivity contribution in [2.24, 2.45) is 0 Å². The molecule has 1 aliphatic heterocycles. The molecular weight excluding hydrogens is 312 g/mol. The average Bonchev–Trinajstić information content (AvgIpc) is 3.10. The molecule has 1 atom stereocenters. The lowest BCUT2D eigenvalue weighted by Crippen LogP contribution is -2.38. The molecule has 5 nitrogen and oxygen atoms in total. The van der Waals surface area contributed by atoms with Crippen LogP contribution in [-0.4, -0.2) is 43.2 Å². The van der Waals surface area contributed by atoms with Gasteiger partial charge in [-0.2, -0.15) is 0 Å². The van der Waals surface area contributed by atoms with Gasteiger partial charge < -0.3 is 4.42 Å². The minimum absolute atomic E-state index is 0.0994. The fourth-order valence-electron chi connectivity index (χ4n) is 3.53. The van der Waals surface area contributed by atoms with Crippen LogP contribution < -0.4 is 0 Å². The summed E-state index contributed by atoms with van der Waals surface area (Å²) in [4.78, 5) is 7.46. The van der Waals surface area contributed by atoms with Gasteiger partial charge in [0, 0.05) is 18.5 Å². The van der Waals surface area contributed by atoms with Gasteiger partial charge in [0.15, 0.2) is 21.3 Å². The zero-order valence-electron chi connectivity index (χ0n) is 13.4.